The van der Waals surface area contributed by atoms with Crippen LogP contribution >= 0.6 is 0 Å². The van der Waals surface area contributed by atoms with Gasteiger partial charge in [-0.2, -0.15) is 5.26 Å². The van der Waals surface area contributed by atoms with Gasteiger partial charge in [-0.25, -0.2) is 4.39 Å². The van der Waals surface area contributed by atoms with Gasteiger partial charge in [0.1, 0.15) is 11.9 Å². The van der Waals surface area contributed by atoms with Crippen LogP contribution in [0.4, 0.5) is 4.39 Å². The number of nitrogens with one attached hydrogen (secondary N) is 1. The van der Waals surface area contributed by atoms with E-state index in [4.69, 9.17) is 5.26 Å². The second kappa shape index (κ2) is 6.80. The van der Waals surface area contributed by atoms with Crippen LogP contribution in [0.25, 0.3) is 0 Å². The van der Waals surface area contributed by atoms with Gasteiger partial charge in [-0.05, 0) is 20.2 Å². The van der Waals surface area contributed by atoms with E-state index in [9.17, 15) is 4.39 Å². The minimum absolute atomic E-state index is 0.110. The summed E-state index contributed by atoms with van der Waals surface area (Å²) in [6.45, 7) is 4.43. The van der Waals surface area contributed by atoms with Crippen molar-refractivity contribution in [1.29, 1.82) is 5.26 Å². The SMILES string of the molecule is CN1CCN(C)C(CNCc2cccc(C#N)c2F)C1. The van der Waals surface area contributed by atoms with Gasteiger partial charge in [0.25, 0.3) is 0 Å². The summed E-state index contributed by atoms with van der Waals surface area (Å²) < 4.78 is 13.9. The summed E-state index contributed by atoms with van der Waals surface area (Å²) in [6.07, 6.45) is 0. The number of nitriles is 1. The molecule has 0 radical (unpaired) electrons. The van der Waals surface area contributed by atoms with Gasteiger partial charge in [0.2, 0.25) is 0 Å². The first kappa shape index (κ1) is 14.9. The molecule has 1 unspecified atom stereocenters. The molecule has 1 aliphatic rings. The fourth-order valence-electron chi connectivity index (χ4n) is 2.50. The molecule has 1 atom stereocenters. The van der Waals surface area contributed by atoms with Crippen molar-refractivity contribution in [3.63, 3.8) is 0 Å². The van der Waals surface area contributed by atoms with Gasteiger partial charge >= 0.3 is 0 Å². The maximum Gasteiger partial charge on any atom is 0.145 e. The Morgan fingerprint density at radius 1 is 1.40 bits per heavy atom. The van der Waals surface area contributed by atoms with E-state index in [0.717, 1.165) is 26.2 Å². The maximum atomic E-state index is 13.9. The van der Waals surface area contributed by atoms with Crippen LogP contribution in [-0.2, 0) is 6.54 Å². The highest BCUT2D eigenvalue weighted by atomic mass is 19.1. The zero-order valence-corrected chi connectivity index (χ0v) is 12.1. The molecule has 1 fully saturated rings. The molecule has 108 valence electrons. The van der Waals surface area contributed by atoms with E-state index < -0.39 is 5.82 Å². The van der Waals surface area contributed by atoms with Crippen molar-refractivity contribution in [2.75, 3.05) is 40.3 Å². The van der Waals surface area contributed by atoms with E-state index in [2.05, 4.69) is 29.2 Å². The highest BCUT2D eigenvalue weighted by molar-refractivity contribution is 5.34. The molecule has 1 aliphatic heterocycles. The molecule has 5 heteroatoms. The van der Waals surface area contributed by atoms with Crippen LogP contribution < -0.4 is 5.32 Å². The Bertz CT molecular complexity index is 497. The van der Waals surface area contributed by atoms with Crippen LogP contribution in [0.5, 0.6) is 0 Å². The molecule has 1 aromatic rings. The predicted molar refractivity (Wildman–Crippen MR) is 76.7 cm³/mol. The molecular formula is C15H21FN4. The lowest BCUT2D eigenvalue weighted by Crippen LogP contribution is -2.53. The smallest absolute Gasteiger partial charge is 0.145 e. The van der Waals surface area contributed by atoms with Gasteiger partial charge in [-0.3, -0.25) is 4.90 Å². The van der Waals surface area contributed by atoms with Crippen molar-refractivity contribution in [1.82, 2.24) is 15.1 Å². The fraction of sp³-hybridized carbons (Fsp3) is 0.533. The highest BCUT2D eigenvalue weighted by Gasteiger charge is 2.21. The molecule has 1 heterocycles. The molecule has 4 nitrogen and oxygen atoms in total. The van der Waals surface area contributed by atoms with Gasteiger partial charge in [0.15, 0.2) is 0 Å². The Morgan fingerprint density at radius 2 is 2.20 bits per heavy atom. The molecule has 1 aromatic carbocycles. The standard InChI is InChI=1S/C15H21FN4/c1-19-6-7-20(2)14(11-19)10-18-9-13-5-3-4-12(8-17)15(13)16/h3-5,14,18H,6-7,9-11H2,1-2H3. The molecule has 0 aromatic heterocycles. The number of hydrogen-bond donors (Lipinski definition) is 1. The van der Waals surface area contributed by atoms with Crippen LogP contribution in [0.2, 0.25) is 0 Å². The van der Waals surface area contributed by atoms with Crippen LogP contribution in [0.1, 0.15) is 11.1 Å². The maximum absolute atomic E-state index is 13.9. The average molecular weight is 276 g/mol. The summed E-state index contributed by atoms with van der Waals surface area (Å²) in [5, 5.41) is 12.1. The first-order chi connectivity index (χ1) is 9.61. The number of halogens is 1. The predicted octanol–water partition coefficient (Wildman–Crippen LogP) is 1.03. The third-order valence-electron chi connectivity index (χ3n) is 3.87. The third-order valence-corrected chi connectivity index (χ3v) is 3.87. The van der Waals surface area contributed by atoms with Gasteiger partial charge in [-0.1, -0.05) is 12.1 Å². The molecule has 0 amide bonds. The molecule has 0 saturated carbocycles. The number of nitrogens with zero attached hydrogens (tertiary/aromatic N) is 3. The number of rotatable bonds is 4. The quantitative estimate of drug-likeness (QED) is 0.892. The molecule has 0 bridgehead atoms. The monoisotopic (exact) mass is 276 g/mol. The Hall–Kier alpha value is -1.48. The summed E-state index contributed by atoms with van der Waals surface area (Å²) in [7, 11) is 4.24. The van der Waals surface area contributed by atoms with E-state index in [0.29, 0.717) is 18.2 Å². The summed E-state index contributed by atoms with van der Waals surface area (Å²) in [5.74, 6) is -0.406. The van der Waals surface area contributed by atoms with Gasteiger partial charge in [-0.15, -0.1) is 0 Å². The van der Waals surface area contributed by atoms with Crippen molar-refractivity contribution in [2.24, 2.45) is 0 Å². The van der Waals surface area contributed by atoms with Crippen LogP contribution in [0.3, 0.4) is 0 Å². The van der Waals surface area contributed by atoms with Crippen molar-refractivity contribution < 1.29 is 4.39 Å². The van der Waals surface area contributed by atoms with Crippen molar-refractivity contribution in [2.45, 2.75) is 12.6 Å². The van der Waals surface area contributed by atoms with E-state index in [1.807, 2.05) is 6.07 Å². The van der Waals surface area contributed by atoms with E-state index in [-0.39, 0.29) is 5.56 Å². The molecule has 20 heavy (non-hydrogen) atoms. The minimum Gasteiger partial charge on any atom is -0.311 e. The zero-order chi connectivity index (χ0) is 14.5. The van der Waals surface area contributed by atoms with E-state index in [1.54, 1.807) is 12.1 Å². The third kappa shape index (κ3) is 3.54. The van der Waals surface area contributed by atoms with Crippen molar-refractivity contribution >= 4 is 0 Å². The molecule has 1 N–H and O–H groups in total. The lowest BCUT2D eigenvalue weighted by Gasteiger charge is -2.37. The summed E-state index contributed by atoms with van der Waals surface area (Å²) in [6, 6.07) is 7.26. The molecule has 0 aliphatic carbocycles. The Morgan fingerprint density at radius 3 is 2.95 bits per heavy atom. The Kier molecular flexibility index (Phi) is 5.07. The molecule has 0 spiro atoms. The normalized spacial score (nSPS) is 20.8. The zero-order valence-electron chi connectivity index (χ0n) is 12.1. The first-order valence-electron chi connectivity index (χ1n) is 6.89. The van der Waals surface area contributed by atoms with E-state index >= 15 is 0 Å². The van der Waals surface area contributed by atoms with Crippen LogP contribution in [-0.4, -0.2) is 56.1 Å². The number of likely N-dealkylation sites (N-methyl/N-ethyl adjacent to an activating group) is 2. The van der Waals surface area contributed by atoms with E-state index in [1.165, 1.54) is 6.07 Å². The molecular weight excluding hydrogens is 255 g/mol. The lowest BCUT2D eigenvalue weighted by atomic mass is 10.1. The average Bonchev–Trinajstić information content (AvgIpc) is 2.44. The second-order valence-electron chi connectivity index (χ2n) is 5.42. The molecule has 2 rings (SSSR count). The Balaban J connectivity index is 1.88. The number of benzene rings is 1. The fourth-order valence-corrected chi connectivity index (χ4v) is 2.50. The summed E-state index contributed by atoms with van der Waals surface area (Å²) >= 11 is 0. The summed E-state index contributed by atoms with van der Waals surface area (Å²) in [4.78, 5) is 4.64. The second-order valence-corrected chi connectivity index (χ2v) is 5.42. The van der Waals surface area contributed by atoms with Crippen LogP contribution in [0, 0.1) is 17.1 Å². The summed E-state index contributed by atoms with van der Waals surface area (Å²) in [5.41, 5.74) is 0.662. The topological polar surface area (TPSA) is 42.3 Å². The first-order valence-corrected chi connectivity index (χ1v) is 6.89. The van der Waals surface area contributed by atoms with Crippen LogP contribution in [0.15, 0.2) is 18.2 Å². The van der Waals surface area contributed by atoms with Crippen molar-refractivity contribution in [3.8, 4) is 6.07 Å². The number of hydrogen-bond acceptors (Lipinski definition) is 4. The lowest BCUT2D eigenvalue weighted by molar-refractivity contribution is 0.113. The van der Waals surface area contributed by atoms with Crippen molar-refractivity contribution in [3.05, 3.63) is 35.1 Å². The molecule has 1 saturated heterocycles. The van der Waals surface area contributed by atoms with Gasteiger partial charge < -0.3 is 10.2 Å². The van der Waals surface area contributed by atoms with Gasteiger partial charge in [0.05, 0.1) is 5.56 Å². The largest absolute Gasteiger partial charge is 0.311 e. The minimum atomic E-state index is -0.406. The Labute approximate surface area is 119 Å². The number of piperazine rings is 1. The van der Waals surface area contributed by atoms with Gasteiger partial charge in [0, 0.05) is 44.3 Å². The highest BCUT2D eigenvalue weighted by Crippen LogP contribution is 2.12.